The third-order valence-corrected chi connectivity index (χ3v) is 2.30. The maximum atomic E-state index is 4.50. The number of benzene rings is 1. The molecule has 1 aromatic carbocycles. The molecule has 0 unspecified atom stereocenters. The van der Waals surface area contributed by atoms with E-state index in [1.165, 1.54) is 12.0 Å². The zero-order chi connectivity index (χ0) is 8.10. The number of hydrogen-bond acceptors (Lipinski definition) is 1. The first-order valence-corrected chi connectivity index (χ1v) is 4.59. The Bertz CT molecular complexity index is 193. The molecule has 1 atom stereocenters. The molecule has 0 bridgehead atoms. The fourth-order valence-electron chi connectivity index (χ4n) is 1.12. The van der Waals surface area contributed by atoms with Gasteiger partial charge in [-0.05, 0) is 12.0 Å². The van der Waals surface area contributed by atoms with Crippen molar-refractivity contribution in [3.63, 3.8) is 0 Å². The smallest absolute Gasteiger partial charge is 0.0267 e. The van der Waals surface area contributed by atoms with Crippen molar-refractivity contribution in [2.45, 2.75) is 25.0 Å². The van der Waals surface area contributed by atoms with Crippen molar-refractivity contribution in [2.75, 3.05) is 0 Å². The van der Waals surface area contributed by atoms with Gasteiger partial charge in [0.1, 0.15) is 0 Å². The molecule has 0 saturated heterocycles. The van der Waals surface area contributed by atoms with Crippen LogP contribution in [-0.4, -0.2) is 0 Å². The Hall–Kier alpha value is -0.430. The highest BCUT2D eigenvalue weighted by Gasteiger charge is 2.02. The maximum Gasteiger partial charge on any atom is 0.0267 e. The average Bonchev–Trinajstić information content (AvgIpc) is 2.07. The van der Waals surface area contributed by atoms with Crippen LogP contribution in [0.4, 0.5) is 0 Å². The molecule has 60 valence electrons. The van der Waals surface area contributed by atoms with Crippen molar-refractivity contribution in [2.24, 2.45) is 0 Å². The van der Waals surface area contributed by atoms with Crippen LogP contribution in [0.3, 0.4) is 0 Å². The molecule has 0 aromatic heterocycles. The van der Waals surface area contributed by atoms with Gasteiger partial charge in [0.15, 0.2) is 0 Å². The van der Waals surface area contributed by atoms with E-state index >= 15 is 0 Å². The lowest BCUT2D eigenvalue weighted by atomic mass is 10.1. The maximum absolute atomic E-state index is 4.50. The molecule has 0 aliphatic rings. The van der Waals surface area contributed by atoms with Crippen LogP contribution in [0.25, 0.3) is 0 Å². The van der Waals surface area contributed by atoms with Gasteiger partial charge < -0.3 is 0 Å². The summed E-state index contributed by atoms with van der Waals surface area (Å²) in [5.74, 6) is 0. The van der Waals surface area contributed by atoms with Crippen LogP contribution in [-0.2, 0) is 0 Å². The average molecular weight is 166 g/mol. The first-order valence-electron chi connectivity index (χ1n) is 4.07. The third-order valence-electron chi connectivity index (χ3n) is 1.75. The molecule has 1 heteroatoms. The molecular weight excluding hydrogens is 152 g/mol. The van der Waals surface area contributed by atoms with Crippen LogP contribution < -0.4 is 0 Å². The number of rotatable bonds is 3. The van der Waals surface area contributed by atoms with Crippen molar-refractivity contribution in [1.82, 2.24) is 0 Å². The second-order valence-electron chi connectivity index (χ2n) is 2.72. The molecule has 0 spiro atoms. The lowest BCUT2D eigenvalue weighted by Gasteiger charge is -2.08. The number of thiol groups is 1. The minimum absolute atomic E-state index is 0.418. The quantitative estimate of drug-likeness (QED) is 0.653. The van der Waals surface area contributed by atoms with Crippen LogP contribution in [0.5, 0.6) is 0 Å². The molecule has 0 amide bonds. The van der Waals surface area contributed by atoms with E-state index in [2.05, 4.69) is 43.8 Å². The number of hydrogen-bond donors (Lipinski definition) is 1. The second-order valence-corrected chi connectivity index (χ2v) is 3.34. The predicted molar refractivity (Wildman–Crippen MR) is 53.1 cm³/mol. The summed E-state index contributed by atoms with van der Waals surface area (Å²) >= 11 is 4.50. The van der Waals surface area contributed by atoms with Crippen LogP contribution in [0.15, 0.2) is 30.3 Å². The van der Waals surface area contributed by atoms with Gasteiger partial charge in [0, 0.05) is 5.25 Å². The highest BCUT2D eigenvalue weighted by molar-refractivity contribution is 7.80. The minimum Gasteiger partial charge on any atom is -0.171 e. The Balaban J connectivity index is 2.61. The van der Waals surface area contributed by atoms with Gasteiger partial charge in [-0.2, -0.15) is 12.6 Å². The van der Waals surface area contributed by atoms with E-state index in [0.717, 1.165) is 6.42 Å². The Kier molecular flexibility index (Phi) is 3.50. The van der Waals surface area contributed by atoms with Crippen molar-refractivity contribution in [1.29, 1.82) is 0 Å². The molecule has 0 fully saturated rings. The van der Waals surface area contributed by atoms with E-state index in [1.54, 1.807) is 0 Å². The molecule has 0 aliphatic carbocycles. The van der Waals surface area contributed by atoms with Gasteiger partial charge in [-0.3, -0.25) is 0 Å². The fourth-order valence-corrected chi connectivity index (χ4v) is 1.55. The molecular formula is C10H14S. The van der Waals surface area contributed by atoms with Gasteiger partial charge in [-0.15, -0.1) is 0 Å². The van der Waals surface area contributed by atoms with E-state index in [4.69, 9.17) is 0 Å². The molecule has 1 aromatic rings. The summed E-state index contributed by atoms with van der Waals surface area (Å²) in [7, 11) is 0. The molecule has 0 N–H and O–H groups in total. The summed E-state index contributed by atoms with van der Waals surface area (Å²) < 4.78 is 0. The molecule has 0 heterocycles. The SMILES string of the molecule is CCC[C@@H](S)c1ccccc1. The molecule has 0 radical (unpaired) electrons. The van der Waals surface area contributed by atoms with Crippen molar-refractivity contribution >= 4 is 12.6 Å². The second kappa shape index (κ2) is 4.45. The van der Waals surface area contributed by atoms with Crippen LogP contribution >= 0.6 is 12.6 Å². The van der Waals surface area contributed by atoms with E-state index in [-0.39, 0.29) is 0 Å². The Labute approximate surface area is 74.0 Å². The zero-order valence-electron chi connectivity index (χ0n) is 6.83. The first-order chi connectivity index (χ1) is 5.34. The standard InChI is InChI=1S/C10H14S/c1-2-6-10(11)9-7-4-3-5-8-9/h3-5,7-8,10-11H,2,6H2,1H3/t10-/m1/s1. The van der Waals surface area contributed by atoms with Crippen molar-refractivity contribution in [3.8, 4) is 0 Å². The van der Waals surface area contributed by atoms with Crippen molar-refractivity contribution < 1.29 is 0 Å². The summed E-state index contributed by atoms with van der Waals surface area (Å²) in [5.41, 5.74) is 1.33. The lowest BCUT2D eigenvalue weighted by molar-refractivity contribution is 0.783. The van der Waals surface area contributed by atoms with E-state index in [0.29, 0.717) is 5.25 Å². The Morgan fingerprint density at radius 2 is 1.91 bits per heavy atom. The summed E-state index contributed by atoms with van der Waals surface area (Å²) in [6.07, 6.45) is 2.36. The fraction of sp³-hybridized carbons (Fsp3) is 0.400. The molecule has 0 nitrogen and oxygen atoms in total. The van der Waals surface area contributed by atoms with Gasteiger partial charge in [0.05, 0.1) is 0 Å². The summed E-state index contributed by atoms with van der Waals surface area (Å²) in [6.45, 7) is 2.19. The monoisotopic (exact) mass is 166 g/mol. The third kappa shape index (κ3) is 2.58. The Morgan fingerprint density at radius 1 is 1.27 bits per heavy atom. The van der Waals surface area contributed by atoms with Gasteiger partial charge in [-0.1, -0.05) is 43.7 Å². The van der Waals surface area contributed by atoms with E-state index < -0.39 is 0 Å². The van der Waals surface area contributed by atoms with Gasteiger partial charge in [0.25, 0.3) is 0 Å². The highest BCUT2D eigenvalue weighted by Crippen LogP contribution is 2.23. The summed E-state index contributed by atoms with van der Waals surface area (Å²) in [5, 5.41) is 0.418. The molecule has 0 saturated carbocycles. The largest absolute Gasteiger partial charge is 0.171 e. The lowest BCUT2D eigenvalue weighted by Crippen LogP contribution is -1.88. The molecule has 0 aliphatic heterocycles. The van der Waals surface area contributed by atoms with Crippen LogP contribution in [0, 0.1) is 0 Å². The van der Waals surface area contributed by atoms with Crippen LogP contribution in [0.2, 0.25) is 0 Å². The van der Waals surface area contributed by atoms with E-state index in [1.807, 2.05) is 6.07 Å². The minimum atomic E-state index is 0.418. The van der Waals surface area contributed by atoms with E-state index in [9.17, 15) is 0 Å². The summed E-state index contributed by atoms with van der Waals surface area (Å²) in [4.78, 5) is 0. The molecule has 11 heavy (non-hydrogen) atoms. The van der Waals surface area contributed by atoms with Gasteiger partial charge in [0.2, 0.25) is 0 Å². The predicted octanol–water partition coefficient (Wildman–Crippen LogP) is 3.46. The topological polar surface area (TPSA) is 0 Å². The summed E-state index contributed by atoms with van der Waals surface area (Å²) in [6, 6.07) is 10.4. The normalized spacial score (nSPS) is 12.9. The molecule has 1 rings (SSSR count). The van der Waals surface area contributed by atoms with Crippen LogP contribution in [0.1, 0.15) is 30.6 Å². The van der Waals surface area contributed by atoms with Gasteiger partial charge >= 0.3 is 0 Å². The van der Waals surface area contributed by atoms with Gasteiger partial charge in [-0.25, -0.2) is 0 Å². The highest BCUT2D eigenvalue weighted by atomic mass is 32.1. The zero-order valence-corrected chi connectivity index (χ0v) is 7.72. The Morgan fingerprint density at radius 3 is 2.45 bits per heavy atom. The first kappa shape index (κ1) is 8.66. The van der Waals surface area contributed by atoms with Crippen molar-refractivity contribution in [3.05, 3.63) is 35.9 Å².